The van der Waals surface area contributed by atoms with E-state index in [0.717, 1.165) is 0 Å². The van der Waals surface area contributed by atoms with Crippen molar-refractivity contribution in [2.45, 2.75) is 13.5 Å². The van der Waals surface area contributed by atoms with E-state index in [1.165, 1.54) is 10.8 Å². The molecule has 0 atom stereocenters. The minimum atomic E-state index is -0.306. The summed E-state index contributed by atoms with van der Waals surface area (Å²) in [5, 5.41) is 12.9. The van der Waals surface area contributed by atoms with Gasteiger partial charge >= 0.3 is 5.69 Å². The number of aromatic nitrogens is 6. The van der Waals surface area contributed by atoms with Crippen LogP contribution in [0.5, 0.6) is 0 Å². The number of nitrogens with one attached hydrogen (secondary N) is 2. The van der Waals surface area contributed by atoms with Gasteiger partial charge in [-0.3, -0.25) is 0 Å². The Labute approximate surface area is 99.9 Å². The van der Waals surface area contributed by atoms with Gasteiger partial charge in [-0.1, -0.05) is 5.16 Å². The highest BCUT2D eigenvalue weighted by molar-refractivity contribution is 5.49. The molecule has 0 aliphatic rings. The maximum atomic E-state index is 11.4. The molecule has 3 aromatic heterocycles. The number of aryl methyl sites for hydroxylation is 1. The number of hydrogen-bond acceptors (Lipinski definition) is 7. The van der Waals surface area contributed by atoms with E-state index < -0.39 is 0 Å². The lowest BCUT2D eigenvalue weighted by molar-refractivity contribution is 0.411. The van der Waals surface area contributed by atoms with E-state index in [4.69, 9.17) is 0 Å². The summed E-state index contributed by atoms with van der Waals surface area (Å²) in [6.45, 7) is 2.11. The second-order valence-corrected chi connectivity index (χ2v) is 3.61. The molecular formula is C9H9N7O2. The molecule has 0 spiro atoms. The first kappa shape index (κ1) is 10.4. The second kappa shape index (κ2) is 3.95. The molecule has 2 N–H and O–H groups in total. The molecule has 9 nitrogen and oxygen atoms in total. The molecule has 0 aliphatic carbocycles. The second-order valence-electron chi connectivity index (χ2n) is 3.61. The Kier molecular flexibility index (Phi) is 2.29. The first-order chi connectivity index (χ1) is 8.74. The third kappa shape index (κ3) is 1.71. The maximum absolute atomic E-state index is 11.4. The van der Waals surface area contributed by atoms with Crippen LogP contribution in [0.15, 0.2) is 21.8 Å². The Morgan fingerprint density at radius 2 is 2.44 bits per heavy atom. The zero-order valence-electron chi connectivity index (χ0n) is 9.41. The molecule has 0 aromatic carbocycles. The van der Waals surface area contributed by atoms with Gasteiger partial charge in [0.1, 0.15) is 11.6 Å². The van der Waals surface area contributed by atoms with E-state index >= 15 is 0 Å². The fourth-order valence-electron chi connectivity index (χ4n) is 1.63. The van der Waals surface area contributed by atoms with E-state index in [-0.39, 0.29) is 5.69 Å². The third-order valence-electron chi connectivity index (χ3n) is 2.40. The van der Waals surface area contributed by atoms with E-state index in [1.54, 1.807) is 13.0 Å². The minimum Gasteiger partial charge on any atom is -0.362 e. The predicted molar refractivity (Wildman–Crippen MR) is 60.0 cm³/mol. The van der Waals surface area contributed by atoms with Crippen molar-refractivity contribution >= 4 is 11.5 Å². The average Bonchev–Trinajstić information content (AvgIpc) is 2.97. The lowest BCUT2D eigenvalue weighted by Crippen LogP contribution is -2.14. The van der Waals surface area contributed by atoms with E-state index in [1.807, 2.05) is 0 Å². The molecule has 0 saturated carbocycles. The van der Waals surface area contributed by atoms with Crippen molar-refractivity contribution in [1.29, 1.82) is 0 Å². The zero-order chi connectivity index (χ0) is 12.5. The highest BCUT2D eigenvalue weighted by atomic mass is 16.5. The van der Waals surface area contributed by atoms with Gasteiger partial charge in [0.2, 0.25) is 6.39 Å². The summed E-state index contributed by atoms with van der Waals surface area (Å²) in [4.78, 5) is 19.5. The Hall–Kier alpha value is -2.71. The predicted octanol–water partition coefficient (Wildman–Crippen LogP) is -0.279. The summed E-state index contributed by atoms with van der Waals surface area (Å²) in [7, 11) is 0. The maximum Gasteiger partial charge on any atom is 0.349 e. The van der Waals surface area contributed by atoms with Gasteiger partial charge in [-0.25, -0.2) is 19.3 Å². The average molecular weight is 247 g/mol. The molecule has 92 valence electrons. The molecule has 3 aromatic rings. The van der Waals surface area contributed by atoms with Crippen molar-refractivity contribution in [1.82, 2.24) is 29.7 Å². The quantitative estimate of drug-likeness (QED) is 0.654. The van der Waals surface area contributed by atoms with Crippen LogP contribution in [0.4, 0.5) is 5.82 Å². The van der Waals surface area contributed by atoms with Crippen LogP contribution in [-0.4, -0.2) is 29.7 Å². The van der Waals surface area contributed by atoms with Gasteiger partial charge in [-0.05, 0) is 6.92 Å². The van der Waals surface area contributed by atoms with Crippen molar-refractivity contribution in [2.24, 2.45) is 0 Å². The molecule has 0 saturated heterocycles. The summed E-state index contributed by atoms with van der Waals surface area (Å²) < 4.78 is 6.00. The van der Waals surface area contributed by atoms with Crippen LogP contribution in [0.1, 0.15) is 11.6 Å². The van der Waals surface area contributed by atoms with Crippen molar-refractivity contribution in [3.63, 3.8) is 0 Å². The van der Waals surface area contributed by atoms with Crippen LogP contribution in [0.25, 0.3) is 5.65 Å². The van der Waals surface area contributed by atoms with Crippen molar-refractivity contribution in [2.75, 3.05) is 5.32 Å². The first-order valence-electron chi connectivity index (χ1n) is 5.18. The van der Waals surface area contributed by atoms with E-state index in [2.05, 4.69) is 35.2 Å². The highest BCUT2D eigenvalue weighted by Gasteiger charge is 2.07. The van der Waals surface area contributed by atoms with Crippen molar-refractivity contribution in [3.05, 3.63) is 34.6 Å². The molecule has 18 heavy (non-hydrogen) atoms. The zero-order valence-corrected chi connectivity index (χ0v) is 9.41. The lowest BCUT2D eigenvalue weighted by Gasteiger charge is -2.04. The topological polar surface area (TPSA) is 114 Å². The number of fused-ring (bicyclic) bond motifs is 1. The smallest absolute Gasteiger partial charge is 0.349 e. The standard InChI is InChI=1S/C9H9N7O2/c1-5-12-6(10-3-7-11-4-18-15-7)2-8-13-14-9(17)16(5)8/h2,4,10H,3H2,1H3,(H,14,17). The molecule has 0 aliphatic heterocycles. The number of nitrogens with zero attached hydrogens (tertiary/aromatic N) is 5. The van der Waals surface area contributed by atoms with Crippen LogP contribution in [0.3, 0.4) is 0 Å². The Morgan fingerprint density at radius 3 is 3.22 bits per heavy atom. The number of H-pyrrole nitrogens is 1. The fourth-order valence-corrected chi connectivity index (χ4v) is 1.63. The van der Waals surface area contributed by atoms with Gasteiger partial charge in [0.15, 0.2) is 11.5 Å². The van der Waals surface area contributed by atoms with Gasteiger partial charge in [0.25, 0.3) is 0 Å². The molecule has 0 amide bonds. The Balaban J connectivity index is 1.91. The number of anilines is 1. The highest BCUT2D eigenvalue weighted by Crippen LogP contribution is 2.08. The molecule has 3 rings (SSSR count). The van der Waals surface area contributed by atoms with Crippen molar-refractivity contribution < 1.29 is 4.52 Å². The summed E-state index contributed by atoms with van der Waals surface area (Å²) in [6, 6.07) is 1.66. The van der Waals surface area contributed by atoms with Gasteiger partial charge in [-0.15, -0.1) is 0 Å². The number of hydrogen-bond donors (Lipinski definition) is 2. The third-order valence-corrected chi connectivity index (χ3v) is 2.40. The minimum absolute atomic E-state index is 0.306. The largest absolute Gasteiger partial charge is 0.362 e. The molecule has 0 radical (unpaired) electrons. The van der Waals surface area contributed by atoms with Crippen LogP contribution in [-0.2, 0) is 6.54 Å². The first-order valence-corrected chi connectivity index (χ1v) is 5.18. The van der Waals surface area contributed by atoms with Gasteiger partial charge in [0.05, 0.1) is 6.54 Å². The van der Waals surface area contributed by atoms with Gasteiger partial charge in [0, 0.05) is 6.07 Å². The van der Waals surface area contributed by atoms with Gasteiger partial charge in [-0.2, -0.15) is 10.1 Å². The molecule has 0 bridgehead atoms. The normalized spacial score (nSPS) is 10.9. The fraction of sp³-hybridized carbons (Fsp3) is 0.222. The number of rotatable bonds is 3. The summed E-state index contributed by atoms with van der Waals surface area (Å²) >= 11 is 0. The van der Waals surface area contributed by atoms with Crippen LogP contribution in [0.2, 0.25) is 0 Å². The summed E-state index contributed by atoms with van der Waals surface area (Å²) in [5.41, 5.74) is 0.197. The SMILES string of the molecule is Cc1nc(NCc2ncon2)cc2n[nH]c(=O)n12. The molecule has 3 heterocycles. The summed E-state index contributed by atoms with van der Waals surface area (Å²) in [6.07, 6.45) is 1.26. The molecule has 0 unspecified atom stereocenters. The Morgan fingerprint density at radius 1 is 1.56 bits per heavy atom. The van der Waals surface area contributed by atoms with Crippen molar-refractivity contribution in [3.8, 4) is 0 Å². The Bertz CT molecular complexity index is 727. The van der Waals surface area contributed by atoms with Crippen LogP contribution >= 0.6 is 0 Å². The van der Waals surface area contributed by atoms with Gasteiger partial charge < -0.3 is 9.84 Å². The van der Waals surface area contributed by atoms with Crippen LogP contribution in [0, 0.1) is 6.92 Å². The van der Waals surface area contributed by atoms with E-state index in [9.17, 15) is 4.79 Å². The van der Waals surface area contributed by atoms with E-state index in [0.29, 0.717) is 29.7 Å². The van der Waals surface area contributed by atoms with Crippen LogP contribution < -0.4 is 11.0 Å². The molecule has 0 fully saturated rings. The summed E-state index contributed by atoms with van der Waals surface area (Å²) in [5.74, 6) is 1.65. The number of aromatic amines is 1. The monoisotopic (exact) mass is 247 g/mol. The molecule has 9 heteroatoms. The molecular weight excluding hydrogens is 238 g/mol. The lowest BCUT2D eigenvalue weighted by atomic mass is 10.5.